The zero-order valence-electron chi connectivity index (χ0n) is 14.5. The smallest absolute Gasteiger partial charge is 0.233 e. The molecule has 0 aliphatic carbocycles. The van der Waals surface area contributed by atoms with Crippen molar-refractivity contribution in [2.75, 3.05) is 25.9 Å². The molecule has 7 nitrogen and oxygen atoms in total. The number of likely N-dealkylation sites (tertiary alicyclic amines) is 1. The van der Waals surface area contributed by atoms with Gasteiger partial charge in [-0.15, -0.1) is 0 Å². The summed E-state index contributed by atoms with van der Waals surface area (Å²) < 4.78 is 6.02. The Morgan fingerprint density at radius 2 is 2.20 bits per heavy atom. The number of piperidine rings is 1. The number of benzene rings is 1. The van der Waals surface area contributed by atoms with Crippen molar-refractivity contribution >= 4 is 16.9 Å². The summed E-state index contributed by atoms with van der Waals surface area (Å²) in [5.41, 5.74) is 9.55. The number of nitrogens with zero attached hydrogens (tertiary/aromatic N) is 4. The summed E-state index contributed by atoms with van der Waals surface area (Å²) in [7, 11) is 2.10. The summed E-state index contributed by atoms with van der Waals surface area (Å²) in [6.45, 7) is 4.05. The molecule has 0 amide bonds. The van der Waals surface area contributed by atoms with Gasteiger partial charge in [-0.1, -0.05) is 6.07 Å². The molecule has 3 heterocycles. The van der Waals surface area contributed by atoms with Crippen LogP contribution in [-0.2, 0) is 0 Å². The second-order valence-corrected chi connectivity index (χ2v) is 6.69. The normalized spacial score (nSPS) is 18.6. The molecular formula is C18H22N6O. The summed E-state index contributed by atoms with van der Waals surface area (Å²) in [6.07, 6.45) is 3.86. The number of rotatable bonds is 3. The third-order valence-corrected chi connectivity index (χ3v) is 4.51. The van der Waals surface area contributed by atoms with E-state index in [4.69, 9.17) is 10.5 Å². The van der Waals surface area contributed by atoms with E-state index in [1.165, 1.54) is 5.56 Å². The first kappa shape index (κ1) is 15.8. The third kappa shape index (κ3) is 3.28. The fourth-order valence-electron chi connectivity index (χ4n) is 3.23. The fraction of sp³-hybridized carbons (Fsp3) is 0.389. The van der Waals surface area contributed by atoms with Gasteiger partial charge in [0.1, 0.15) is 6.10 Å². The second-order valence-electron chi connectivity index (χ2n) is 6.69. The fourth-order valence-corrected chi connectivity index (χ4v) is 3.23. The maximum absolute atomic E-state index is 6.03. The largest absolute Gasteiger partial charge is 0.472 e. The average Bonchev–Trinajstić information content (AvgIpc) is 2.99. The molecule has 0 saturated carbocycles. The molecule has 3 N–H and O–H groups in total. The number of ether oxygens (including phenoxy) is 1. The van der Waals surface area contributed by atoms with E-state index in [9.17, 15) is 0 Å². The van der Waals surface area contributed by atoms with Crippen molar-refractivity contribution in [1.82, 2.24) is 24.8 Å². The maximum atomic E-state index is 6.03. The number of anilines is 1. The van der Waals surface area contributed by atoms with Crippen molar-refractivity contribution in [3.8, 4) is 17.4 Å². The lowest BCUT2D eigenvalue weighted by Crippen LogP contribution is -2.38. The van der Waals surface area contributed by atoms with Gasteiger partial charge in [0, 0.05) is 6.54 Å². The summed E-state index contributed by atoms with van der Waals surface area (Å²) in [5.74, 6) is 1.43. The minimum absolute atomic E-state index is 0.128. The van der Waals surface area contributed by atoms with Gasteiger partial charge in [0.15, 0.2) is 17.3 Å². The minimum atomic E-state index is 0.128. The highest BCUT2D eigenvalue weighted by atomic mass is 16.5. The van der Waals surface area contributed by atoms with Gasteiger partial charge < -0.3 is 20.4 Å². The molecule has 1 atom stereocenters. The molecular weight excluding hydrogens is 316 g/mol. The van der Waals surface area contributed by atoms with E-state index in [-0.39, 0.29) is 6.10 Å². The summed E-state index contributed by atoms with van der Waals surface area (Å²) >= 11 is 0. The van der Waals surface area contributed by atoms with Crippen molar-refractivity contribution in [3.05, 3.63) is 30.0 Å². The maximum Gasteiger partial charge on any atom is 0.233 e. The molecule has 1 saturated heterocycles. The molecule has 1 aromatic carbocycles. The van der Waals surface area contributed by atoms with E-state index in [1.807, 2.05) is 25.1 Å². The second kappa shape index (κ2) is 6.33. The Hall–Kier alpha value is -2.67. The number of aryl methyl sites for hydroxylation is 1. The standard InChI is InChI=1S/C18H22N6O/c1-11-5-6-13-14(8-11)22-18(21-13)16-17(19)20-9-15(23-16)25-12-4-3-7-24(2)10-12/h5-6,8-9,12H,3-4,7,10H2,1-2H3,(H2,19,20)(H,21,22). The number of likely N-dealkylation sites (N-methyl/N-ethyl adjacent to an activating group) is 1. The lowest BCUT2D eigenvalue weighted by Gasteiger charge is -2.29. The predicted octanol–water partition coefficient (Wildman–Crippen LogP) is 2.38. The van der Waals surface area contributed by atoms with Crippen LogP contribution < -0.4 is 10.5 Å². The Morgan fingerprint density at radius 3 is 3.04 bits per heavy atom. The first-order valence-corrected chi connectivity index (χ1v) is 8.53. The molecule has 3 aromatic rings. The Balaban J connectivity index is 1.64. The number of imidazole rings is 1. The van der Waals surface area contributed by atoms with E-state index in [1.54, 1.807) is 6.20 Å². The van der Waals surface area contributed by atoms with E-state index >= 15 is 0 Å². The van der Waals surface area contributed by atoms with Crippen LogP contribution in [0.2, 0.25) is 0 Å². The quantitative estimate of drug-likeness (QED) is 0.762. The lowest BCUT2D eigenvalue weighted by molar-refractivity contribution is 0.0998. The van der Waals surface area contributed by atoms with Crippen LogP contribution in [0.1, 0.15) is 18.4 Å². The van der Waals surface area contributed by atoms with Crippen molar-refractivity contribution < 1.29 is 4.74 Å². The molecule has 1 aliphatic rings. The predicted molar refractivity (Wildman–Crippen MR) is 97.4 cm³/mol. The van der Waals surface area contributed by atoms with Gasteiger partial charge in [0.05, 0.1) is 17.2 Å². The number of hydrogen-bond donors (Lipinski definition) is 2. The van der Waals surface area contributed by atoms with Gasteiger partial charge in [-0.2, -0.15) is 0 Å². The zero-order chi connectivity index (χ0) is 17.4. The molecule has 0 radical (unpaired) electrons. The SMILES string of the molecule is Cc1ccc2nc(-c3nc(OC4CCCN(C)C4)cnc3N)[nH]c2c1. The van der Waals surface area contributed by atoms with E-state index in [2.05, 4.69) is 31.9 Å². The van der Waals surface area contributed by atoms with Crippen molar-refractivity contribution in [3.63, 3.8) is 0 Å². The van der Waals surface area contributed by atoms with Crippen LogP contribution in [0.3, 0.4) is 0 Å². The molecule has 0 spiro atoms. The van der Waals surface area contributed by atoms with Crippen LogP contribution in [0, 0.1) is 6.92 Å². The van der Waals surface area contributed by atoms with Crippen LogP contribution in [0.4, 0.5) is 5.82 Å². The number of aromatic nitrogens is 4. The number of nitrogens with two attached hydrogens (primary N) is 1. The highest BCUT2D eigenvalue weighted by molar-refractivity contribution is 5.81. The first-order chi connectivity index (χ1) is 12.1. The van der Waals surface area contributed by atoms with Crippen molar-refractivity contribution in [2.24, 2.45) is 0 Å². The highest BCUT2D eigenvalue weighted by Gasteiger charge is 2.20. The van der Waals surface area contributed by atoms with Crippen molar-refractivity contribution in [1.29, 1.82) is 0 Å². The van der Waals surface area contributed by atoms with Gasteiger partial charge in [0.25, 0.3) is 0 Å². The molecule has 0 bridgehead atoms. The number of fused-ring (bicyclic) bond motifs is 1. The average molecular weight is 338 g/mol. The Bertz CT molecular complexity index is 906. The highest BCUT2D eigenvalue weighted by Crippen LogP contribution is 2.26. The number of H-pyrrole nitrogens is 1. The number of aromatic amines is 1. The molecule has 1 fully saturated rings. The Kier molecular flexibility index (Phi) is 4.01. The minimum Gasteiger partial charge on any atom is -0.472 e. The number of nitrogen functional groups attached to an aromatic ring is 1. The number of nitrogens with one attached hydrogen (secondary N) is 1. The molecule has 2 aromatic heterocycles. The van der Waals surface area contributed by atoms with Gasteiger partial charge >= 0.3 is 0 Å². The summed E-state index contributed by atoms with van der Waals surface area (Å²) in [4.78, 5) is 18.9. The van der Waals surface area contributed by atoms with Crippen LogP contribution >= 0.6 is 0 Å². The molecule has 7 heteroatoms. The van der Waals surface area contributed by atoms with Crippen molar-refractivity contribution in [2.45, 2.75) is 25.9 Å². The lowest BCUT2D eigenvalue weighted by atomic mass is 10.1. The summed E-state index contributed by atoms with van der Waals surface area (Å²) in [5, 5.41) is 0. The zero-order valence-corrected chi connectivity index (χ0v) is 14.5. The third-order valence-electron chi connectivity index (χ3n) is 4.51. The van der Waals surface area contributed by atoms with Gasteiger partial charge in [-0.25, -0.2) is 15.0 Å². The number of hydrogen-bond acceptors (Lipinski definition) is 6. The van der Waals surface area contributed by atoms with Gasteiger partial charge in [-0.3, -0.25) is 0 Å². The molecule has 25 heavy (non-hydrogen) atoms. The molecule has 1 unspecified atom stereocenters. The Morgan fingerprint density at radius 1 is 1.32 bits per heavy atom. The van der Waals surface area contributed by atoms with Gasteiger partial charge in [0.2, 0.25) is 5.88 Å². The molecule has 1 aliphatic heterocycles. The summed E-state index contributed by atoms with van der Waals surface area (Å²) in [6, 6.07) is 6.06. The van der Waals surface area contributed by atoms with E-state index in [0.29, 0.717) is 23.2 Å². The van der Waals surface area contributed by atoms with Crippen LogP contribution in [-0.4, -0.2) is 51.1 Å². The Labute approximate surface area is 146 Å². The molecule has 4 rings (SSSR count). The van der Waals surface area contributed by atoms with E-state index < -0.39 is 0 Å². The first-order valence-electron chi connectivity index (χ1n) is 8.53. The van der Waals surface area contributed by atoms with Gasteiger partial charge in [-0.05, 0) is 51.1 Å². The molecule has 130 valence electrons. The monoisotopic (exact) mass is 338 g/mol. The van der Waals surface area contributed by atoms with Crippen LogP contribution in [0.15, 0.2) is 24.4 Å². The van der Waals surface area contributed by atoms with Crippen LogP contribution in [0.5, 0.6) is 5.88 Å². The topological polar surface area (TPSA) is 93.0 Å². The van der Waals surface area contributed by atoms with E-state index in [0.717, 1.165) is 37.0 Å². The van der Waals surface area contributed by atoms with Crippen LogP contribution in [0.25, 0.3) is 22.6 Å².